The zero-order valence-electron chi connectivity index (χ0n) is 31.8. The molecule has 50 heavy (non-hydrogen) atoms. The van der Waals surface area contributed by atoms with Gasteiger partial charge in [-0.15, -0.1) is 0 Å². The lowest BCUT2D eigenvalue weighted by molar-refractivity contribution is -0.256. The summed E-state index contributed by atoms with van der Waals surface area (Å²) < 4.78 is 31.6. The maximum absolute atomic E-state index is 12.9. The molecule has 14 atom stereocenters. The molecule has 0 aromatic carbocycles. The molecule has 2 spiro atoms. The highest BCUT2D eigenvalue weighted by Gasteiger charge is 2.84. The van der Waals surface area contributed by atoms with E-state index in [9.17, 15) is 15.0 Å². The molecule has 0 amide bonds. The van der Waals surface area contributed by atoms with Crippen LogP contribution in [0, 0.1) is 56.7 Å². The molecule has 0 radical (unpaired) electrons. The van der Waals surface area contributed by atoms with E-state index in [1.165, 1.54) is 25.7 Å². The zero-order chi connectivity index (χ0) is 35.2. The number of ether oxygens (including phenoxy) is 5. The predicted octanol–water partition coefficient (Wildman–Crippen LogP) is 5.33. The summed E-state index contributed by atoms with van der Waals surface area (Å²) in [6, 6.07) is 0.509. The summed E-state index contributed by atoms with van der Waals surface area (Å²) in [5, 5.41) is 23.9. The van der Waals surface area contributed by atoms with E-state index in [0.717, 1.165) is 71.4 Å². The van der Waals surface area contributed by atoms with Gasteiger partial charge in [-0.1, -0.05) is 34.6 Å². The molecule has 6 saturated carbocycles. The van der Waals surface area contributed by atoms with Crippen LogP contribution >= 0.6 is 0 Å². The average molecular weight is 700 g/mol. The summed E-state index contributed by atoms with van der Waals surface area (Å²) in [6.07, 6.45) is 8.59. The Hall–Kier alpha value is -0.810. The number of esters is 1. The first kappa shape index (κ1) is 34.9. The Kier molecular flexibility index (Phi) is 7.94. The van der Waals surface area contributed by atoms with Crippen molar-refractivity contribution in [2.45, 2.75) is 161 Å². The van der Waals surface area contributed by atoms with Crippen LogP contribution in [0.15, 0.2) is 0 Å². The first-order chi connectivity index (χ1) is 23.6. The number of fused-ring (bicyclic) bond motifs is 4. The van der Waals surface area contributed by atoms with Crippen molar-refractivity contribution >= 4 is 5.97 Å². The van der Waals surface area contributed by atoms with Crippen molar-refractivity contribution in [3.05, 3.63) is 0 Å². The lowest BCUT2D eigenvalue weighted by atomic mass is 9.41. The lowest BCUT2D eigenvalue weighted by Crippen LogP contribution is -2.60. The zero-order valence-corrected chi connectivity index (χ0v) is 31.8. The highest BCUT2D eigenvalue weighted by molar-refractivity contribution is 5.75. The third kappa shape index (κ3) is 4.71. The van der Waals surface area contributed by atoms with Gasteiger partial charge in [0.2, 0.25) is 0 Å². The van der Waals surface area contributed by atoms with Gasteiger partial charge in [-0.05, 0) is 123 Å². The van der Waals surface area contributed by atoms with Crippen LogP contribution in [0.5, 0.6) is 0 Å². The summed E-state index contributed by atoms with van der Waals surface area (Å²) >= 11 is 0. The van der Waals surface area contributed by atoms with Gasteiger partial charge in [0.1, 0.15) is 0 Å². The third-order valence-electron chi connectivity index (χ3n) is 17.5. The topological polar surface area (TPSA) is 107 Å². The number of aliphatic hydroxyl groups excluding tert-OH is 1. The monoisotopic (exact) mass is 699 g/mol. The number of hydrogen-bond donors (Lipinski definition) is 2. The second-order valence-electron chi connectivity index (χ2n) is 20.5. The van der Waals surface area contributed by atoms with E-state index in [0.29, 0.717) is 23.3 Å². The van der Waals surface area contributed by atoms with Gasteiger partial charge < -0.3 is 33.9 Å². The molecule has 9 rings (SSSR count). The minimum atomic E-state index is -1.24. The Labute approximate surface area is 299 Å². The molecule has 2 N–H and O–H groups in total. The van der Waals surface area contributed by atoms with Crippen molar-refractivity contribution in [3.8, 4) is 0 Å². The predicted molar refractivity (Wildman–Crippen MR) is 186 cm³/mol. The maximum Gasteiger partial charge on any atom is 0.309 e. The van der Waals surface area contributed by atoms with Crippen molar-refractivity contribution in [3.63, 3.8) is 0 Å². The normalized spacial score (nSPS) is 52.0. The van der Waals surface area contributed by atoms with E-state index in [1.807, 2.05) is 0 Å². The fourth-order valence-corrected chi connectivity index (χ4v) is 14.6. The molecule has 0 aromatic rings. The molecule has 9 fully saturated rings. The molecule has 282 valence electrons. The van der Waals surface area contributed by atoms with Crippen LogP contribution in [0.25, 0.3) is 0 Å². The SMILES string of the molecule is CC1CC(C(OC(=O)C2CC2)C(C)(C)O)OC2C1C1(C)CCC34CC35CCC(OC3CN(C6COC6)CCO3)C(C)(C)C5CCC4C1(C)C2O. The Bertz CT molecular complexity index is 1360. The van der Waals surface area contributed by atoms with E-state index in [-0.39, 0.29) is 63.9 Å². The molecule has 9 heteroatoms. The van der Waals surface area contributed by atoms with E-state index in [4.69, 9.17) is 23.7 Å². The van der Waals surface area contributed by atoms with Crippen LogP contribution in [0.4, 0.5) is 0 Å². The summed E-state index contributed by atoms with van der Waals surface area (Å²) in [6.45, 7) is 19.8. The number of rotatable bonds is 7. The summed E-state index contributed by atoms with van der Waals surface area (Å²) in [4.78, 5) is 15.4. The molecule has 6 aliphatic carbocycles. The lowest BCUT2D eigenvalue weighted by Gasteiger charge is -2.64. The van der Waals surface area contributed by atoms with E-state index in [1.54, 1.807) is 13.8 Å². The molecular weight excluding hydrogens is 634 g/mol. The maximum atomic E-state index is 12.9. The molecule has 0 bridgehead atoms. The van der Waals surface area contributed by atoms with Crippen molar-refractivity contribution in [1.29, 1.82) is 0 Å². The minimum absolute atomic E-state index is 0.0472. The molecule has 3 aliphatic heterocycles. The Morgan fingerprint density at radius 2 is 1.70 bits per heavy atom. The number of carbonyl (C=O) groups excluding carboxylic acids is 1. The van der Waals surface area contributed by atoms with Gasteiger partial charge in [0.25, 0.3) is 0 Å². The van der Waals surface area contributed by atoms with Gasteiger partial charge >= 0.3 is 5.97 Å². The van der Waals surface area contributed by atoms with Crippen LogP contribution in [-0.2, 0) is 28.5 Å². The highest BCUT2D eigenvalue weighted by atomic mass is 16.7. The number of carbonyl (C=O) groups is 1. The quantitative estimate of drug-likeness (QED) is 0.341. The molecule has 9 nitrogen and oxygen atoms in total. The largest absolute Gasteiger partial charge is 0.456 e. The molecule has 9 aliphatic rings. The Morgan fingerprint density at radius 1 is 0.980 bits per heavy atom. The Morgan fingerprint density at radius 3 is 2.38 bits per heavy atom. The van der Waals surface area contributed by atoms with Crippen LogP contribution in [0.3, 0.4) is 0 Å². The van der Waals surface area contributed by atoms with E-state index < -0.39 is 23.9 Å². The molecule has 14 unspecified atom stereocenters. The van der Waals surface area contributed by atoms with Gasteiger partial charge in [0.05, 0.1) is 68.3 Å². The van der Waals surface area contributed by atoms with Crippen molar-refractivity contribution < 1.29 is 38.7 Å². The summed E-state index contributed by atoms with van der Waals surface area (Å²) in [5.41, 5.74) is -0.919. The molecular formula is C41H65NO8. The number of morpholine rings is 1. The number of nitrogens with zero attached hydrogens (tertiary/aromatic N) is 1. The van der Waals surface area contributed by atoms with Crippen LogP contribution in [0.1, 0.15) is 113 Å². The number of aliphatic hydroxyl groups is 2. The summed E-state index contributed by atoms with van der Waals surface area (Å²) in [5.74, 6) is 1.30. The van der Waals surface area contributed by atoms with E-state index >= 15 is 0 Å². The molecule has 3 saturated heterocycles. The fourth-order valence-electron chi connectivity index (χ4n) is 14.6. The van der Waals surface area contributed by atoms with Gasteiger partial charge in [-0.25, -0.2) is 0 Å². The van der Waals surface area contributed by atoms with Gasteiger partial charge in [0, 0.05) is 12.0 Å². The van der Waals surface area contributed by atoms with Gasteiger partial charge in [-0.2, -0.15) is 0 Å². The highest BCUT2D eigenvalue weighted by Crippen LogP contribution is 2.89. The minimum Gasteiger partial charge on any atom is -0.456 e. The summed E-state index contributed by atoms with van der Waals surface area (Å²) in [7, 11) is 0. The smallest absolute Gasteiger partial charge is 0.309 e. The second kappa shape index (κ2) is 11.4. The van der Waals surface area contributed by atoms with Crippen LogP contribution < -0.4 is 0 Å². The second-order valence-corrected chi connectivity index (χ2v) is 20.5. The van der Waals surface area contributed by atoms with Crippen LogP contribution in [0.2, 0.25) is 0 Å². The first-order valence-electron chi connectivity index (χ1n) is 20.4. The number of hydrogen-bond acceptors (Lipinski definition) is 9. The van der Waals surface area contributed by atoms with Crippen molar-refractivity contribution in [2.24, 2.45) is 56.7 Å². The van der Waals surface area contributed by atoms with Gasteiger partial charge in [-0.3, -0.25) is 9.69 Å². The van der Waals surface area contributed by atoms with Crippen molar-refractivity contribution in [2.75, 3.05) is 32.9 Å². The van der Waals surface area contributed by atoms with Crippen molar-refractivity contribution in [1.82, 2.24) is 4.90 Å². The average Bonchev–Trinajstić information content (AvgIpc) is 3.95. The first-order valence-corrected chi connectivity index (χ1v) is 20.4. The fraction of sp³-hybridized carbons (Fsp3) is 0.976. The van der Waals surface area contributed by atoms with E-state index in [2.05, 4.69) is 39.5 Å². The standard InChI is InChI=1S/C41H65NO8/c1-23-18-26(34(37(4,5)45)50-35(44)24-8-9-24)48-32-31(23)38(6)14-15-41-22-40(41)13-12-29(49-30-19-42(16-17-47-30)25-20-46-21-25)36(2,3)27(40)10-11-28(41)39(38,7)33(32)43/h23-34,43,45H,8-22H2,1-7H3. The van der Waals surface area contributed by atoms with Crippen LogP contribution in [-0.4, -0.2) is 102 Å². The molecule has 0 aromatic heterocycles. The van der Waals surface area contributed by atoms with Gasteiger partial charge in [0.15, 0.2) is 12.4 Å². The molecule has 3 heterocycles. The third-order valence-corrected chi connectivity index (χ3v) is 17.5. The Balaban J connectivity index is 0.946.